The summed E-state index contributed by atoms with van der Waals surface area (Å²) in [6.07, 6.45) is 0.593. The van der Waals surface area contributed by atoms with Gasteiger partial charge in [0.25, 0.3) is 0 Å². The second-order valence-electron chi connectivity index (χ2n) is 7.00. The van der Waals surface area contributed by atoms with Gasteiger partial charge in [-0.15, -0.1) is 10.2 Å². The molecule has 4 rings (SSSR count). The van der Waals surface area contributed by atoms with E-state index in [2.05, 4.69) is 16.3 Å². The fourth-order valence-corrected chi connectivity index (χ4v) is 4.08. The van der Waals surface area contributed by atoms with Gasteiger partial charge in [-0.25, -0.2) is 0 Å². The van der Waals surface area contributed by atoms with Crippen LogP contribution in [0.4, 0.5) is 0 Å². The van der Waals surface area contributed by atoms with Crippen LogP contribution in [0.2, 0.25) is 0 Å². The molecule has 0 radical (unpaired) electrons. The first-order chi connectivity index (χ1) is 15.7. The molecular formula is C25H20N4O2S. The van der Waals surface area contributed by atoms with Gasteiger partial charge in [-0.1, -0.05) is 54.2 Å². The molecule has 158 valence electrons. The van der Waals surface area contributed by atoms with Crippen molar-refractivity contribution in [2.24, 2.45) is 0 Å². The Morgan fingerprint density at radius 2 is 1.72 bits per heavy atom. The summed E-state index contributed by atoms with van der Waals surface area (Å²) >= 11 is 1.35. The summed E-state index contributed by atoms with van der Waals surface area (Å²) in [5.41, 5.74) is 3.12. The molecular weight excluding hydrogens is 420 g/mol. The van der Waals surface area contributed by atoms with Crippen molar-refractivity contribution in [1.29, 1.82) is 5.26 Å². The number of hydrogen-bond donors (Lipinski definition) is 0. The lowest BCUT2D eigenvalue weighted by Crippen LogP contribution is -2.06. The summed E-state index contributed by atoms with van der Waals surface area (Å²) in [6.45, 7) is 0. The summed E-state index contributed by atoms with van der Waals surface area (Å²) in [5, 5.41) is 18.4. The van der Waals surface area contributed by atoms with Crippen molar-refractivity contribution < 1.29 is 9.53 Å². The standard InChI is InChI=1S/C25H20N4O2S/c1-31-22-13-9-18(10-14-22)15-24-27-28-25(29(24)21-5-3-2-4-6-21)32-17-23(30)20-11-7-19(16-26)8-12-20/h2-14H,15,17H2,1H3. The van der Waals surface area contributed by atoms with E-state index in [0.29, 0.717) is 22.7 Å². The molecule has 0 saturated carbocycles. The molecule has 0 unspecified atom stereocenters. The van der Waals surface area contributed by atoms with Gasteiger partial charge < -0.3 is 4.74 Å². The number of nitriles is 1. The summed E-state index contributed by atoms with van der Waals surface area (Å²) in [7, 11) is 1.64. The van der Waals surface area contributed by atoms with Crippen molar-refractivity contribution in [3.05, 3.63) is 101 Å². The van der Waals surface area contributed by atoms with Crippen LogP contribution in [0.3, 0.4) is 0 Å². The van der Waals surface area contributed by atoms with Crippen LogP contribution in [0.1, 0.15) is 27.3 Å². The number of rotatable bonds is 8. The number of para-hydroxylation sites is 1. The lowest BCUT2D eigenvalue weighted by Gasteiger charge is -2.10. The molecule has 0 aliphatic heterocycles. The quantitative estimate of drug-likeness (QED) is 0.291. The van der Waals surface area contributed by atoms with E-state index in [4.69, 9.17) is 10.00 Å². The van der Waals surface area contributed by atoms with Gasteiger partial charge >= 0.3 is 0 Å². The Balaban J connectivity index is 1.57. The normalized spacial score (nSPS) is 10.5. The monoisotopic (exact) mass is 440 g/mol. The SMILES string of the molecule is COc1ccc(Cc2nnc(SCC(=O)c3ccc(C#N)cc3)n2-c2ccccc2)cc1. The van der Waals surface area contributed by atoms with Crippen LogP contribution >= 0.6 is 11.8 Å². The average molecular weight is 441 g/mol. The largest absolute Gasteiger partial charge is 0.497 e. The Kier molecular flexibility index (Phi) is 6.63. The zero-order chi connectivity index (χ0) is 22.3. The first-order valence-electron chi connectivity index (χ1n) is 9.97. The Labute approximate surface area is 190 Å². The first kappa shape index (κ1) is 21.3. The van der Waals surface area contributed by atoms with Crippen LogP contribution in [0.5, 0.6) is 5.75 Å². The summed E-state index contributed by atoms with van der Waals surface area (Å²) in [5.74, 6) is 1.78. The van der Waals surface area contributed by atoms with E-state index in [9.17, 15) is 4.79 Å². The van der Waals surface area contributed by atoms with E-state index in [1.54, 1.807) is 31.4 Å². The van der Waals surface area contributed by atoms with Gasteiger partial charge in [0.15, 0.2) is 10.9 Å². The van der Waals surface area contributed by atoms with Gasteiger partial charge in [-0.2, -0.15) is 5.26 Å². The fraction of sp³-hybridized carbons (Fsp3) is 0.120. The minimum absolute atomic E-state index is 0.0289. The molecule has 0 atom stereocenters. The highest BCUT2D eigenvalue weighted by Crippen LogP contribution is 2.25. The minimum atomic E-state index is -0.0289. The number of thioether (sulfide) groups is 1. The molecule has 0 N–H and O–H groups in total. The second-order valence-corrected chi connectivity index (χ2v) is 7.94. The molecule has 4 aromatic rings. The number of Topliss-reactive ketones (excluding diaryl/α,β-unsaturated/α-hetero) is 1. The molecule has 32 heavy (non-hydrogen) atoms. The number of benzene rings is 3. The summed E-state index contributed by atoms with van der Waals surface area (Å²) in [6, 6.07) is 26.4. The van der Waals surface area contributed by atoms with Crippen molar-refractivity contribution >= 4 is 17.5 Å². The Morgan fingerprint density at radius 3 is 2.38 bits per heavy atom. The third kappa shape index (κ3) is 4.88. The molecule has 1 aromatic heterocycles. The van der Waals surface area contributed by atoms with E-state index in [1.165, 1.54) is 11.8 Å². The number of methoxy groups -OCH3 is 1. The maximum atomic E-state index is 12.7. The van der Waals surface area contributed by atoms with E-state index < -0.39 is 0 Å². The third-order valence-corrected chi connectivity index (χ3v) is 5.83. The highest BCUT2D eigenvalue weighted by molar-refractivity contribution is 7.99. The van der Waals surface area contributed by atoms with Gasteiger partial charge in [0.05, 0.1) is 24.5 Å². The zero-order valence-electron chi connectivity index (χ0n) is 17.4. The molecule has 6 nitrogen and oxygen atoms in total. The molecule has 0 saturated heterocycles. The molecule has 1 heterocycles. The lowest BCUT2D eigenvalue weighted by molar-refractivity contribution is 0.102. The molecule has 0 aliphatic rings. The maximum absolute atomic E-state index is 12.7. The van der Waals surface area contributed by atoms with E-state index in [1.807, 2.05) is 59.2 Å². The first-order valence-corrected chi connectivity index (χ1v) is 11.0. The fourth-order valence-electron chi connectivity index (χ4n) is 3.21. The van der Waals surface area contributed by atoms with Crippen LogP contribution in [-0.4, -0.2) is 33.4 Å². The summed E-state index contributed by atoms with van der Waals surface area (Å²) < 4.78 is 7.22. The van der Waals surface area contributed by atoms with Gasteiger partial charge in [0.2, 0.25) is 0 Å². The predicted octanol–water partition coefficient (Wildman–Crippen LogP) is 4.71. The van der Waals surface area contributed by atoms with Crippen molar-refractivity contribution in [3.63, 3.8) is 0 Å². The highest BCUT2D eigenvalue weighted by atomic mass is 32.2. The number of ether oxygens (including phenoxy) is 1. The predicted molar refractivity (Wildman–Crippen MR) is 123 cm³/mol. The topological polar surface area (TPSA) is 80.8 Å². The van der Waals surface area contributed by atoms with E-state index in [-0.39, 0.29) is 11.5 Å². The molecule has 0 amide bonds. The van der Waals surface area contributed by atoms with Gasteiger partial charge in [-0.05, 0) is 42.0 Å². The van der Waals surface area contributed by atoms with Crippen molar-refractivity contribution in [1.82, 2.24) is 14.8 Å². The molecule has 7 heteroatoms. The Hall–Kier alpha value is -3.89. The molecule has 0 fully saturated rings. The number of nitrogens with zero attached hydrogens (tertiary/aromatic N) is 4. The van der Waals surface area contributed by atoms with Crippen LogP contribution in [-0.2, 0) is 6.42 Å². The van der Waals surface area contributed by atoms with Crippen molar-refractivity contribution in [2.75, 3.05) is 12.9 Å². The number of carbonyl (C=O) groups is 1. The molecule has 3 aromatic carbocycles. The second kappa shape index (κ2) is 9.94. The van der Waals surface area contributed by atoms with Crippen LogP contribution in [0, 0.1) is 11.3 Å². The van der Waals surface area contributed by atoms with Crippen molar-refractivity contribution in [2.45, 2.75) is 11.6 Å². The number of aromatic nitrogens is 3. The molecule has 0 aliphatic carbocycles. The zero-order valence-corrected chi connectivity index (χ0v) is 18.2. The van der Waals surface area contributed by atoms with E-state index in [0.717, 1.165) is 22.8 Å². The average Bonchev–Trinajstić information content (AvgIpc) is 3.25. The maximum Gasteiger partial charge on any atom is 0.196 e. The van der Waals surface area contributed by atoms with Crippen LogP contribution < -0.4 is 4.74 Å². The van der Waals surface area contributed by atoms with Gasteiger partial charge in [-0.3, -0.25) is 9.36 Å². The summed E-state index contributed by atoms with van der Waals surface area (Å²) in [4.78, 5) is 12.7. The minimum Gasteiger partial charge on any atom is -0.497 e. The molecule has 0 bridgehead atoms. The Morgan fingerprint density at radius 1 is 1.00 bits per heavy atom. The van der Waals surface area contributed by atoms with Crippen LogP contribution in [0.15, 0.2) is 84.0 Å². The van der Waals surface area contributed by atoms with Gasteiger partial charge in [0, 0.05) is 17.7 Å². The molecule has 0 spiro atoms. The number of carbonyl (C=O) groups excluding carboxylic acids is 1. The number of hydrogen-bond acceptors (Lipinski definition) is 6. The van der Waals surface area contributed by atoms with E-state index >= 15 is 0 Å². The highest BCUT2D eigenvalue weighted by Gasteiger charge is 2.17. The smallest absolute Gasteiger partial charge is 0.196 e. The third-order valence-electron chi connectivity index (χ3n) is 4.90. The van der Waals surface area contributed by atoms with Crippen molar-refractivity contribution in [3.8, 4) is 17.5 Å². The number of ketones is 1. The van der Waals surface area contributed by atoms with Crippen LogP contribution in [0.25, 0.3) is 5.69 Å². The Bertz CT molecular complexity index is 1240. The van der Waals surface area contributed by atoms with Gasteiger partial charge in [0.1, 0.15) is 11.6 Å². The lowest BCUT2D eigenvalue weighted by atomic mass is 10.1.